The number of thiazole rings is 1. The summed E-state index contributed by atoms with van der Waals surface area (Å²) >= 11 is 9.21. The molecule has 26 heavy (non-hydrogen) atoms. The Labute approximate surface area is 166 Å². The number of hydrogen-bond acceptors (Lipinski definition) is 6. The average Bonchev–Trinajstić information content (AvgIpc) is 3.04. The zero-order chi connectivity index (χ0) is 18.5. The highest BCUT2D eigenvalue weighted by Crippen LogP contribution is 2.26. The minimum Gasteiger partial charge on any atom is -0.472 e. The van der Waals surface area contributed by atoms with Gasteiger partial charge >= 0.3 is 0 Å². The fourth-order valence-corrected chi connectivity index (χ4v) is 3.61. The van der Waals surface area contributed by atoms with E-state index in [4.69, 9.17) is 21.3 Å². The monoisotopic (exact) mass is 405 g/mol. The molecule has 7 heteroatoms. The molecule has 0 aliphatic carbocycles. The molecule has 136 valence electrons. The van der Waals surface area contributed by atoms with Gasteiger partial charge in [-0.15, -0.1) is 23.1 Å². The fraction of sp³-hybridized carbons (Fsp3) is 0.263. The molecule has 0 saturated heterocycles. The van der Waals surface area contributed by atoms with E-state index < -0.39 is 0 Å². The van der Waals surface area contributed by atoms with E-state index >= 15 is 0 Å². The molecule has 0 aliphatic rings. The van der Waals surface area contributed by atoms with Crippen LogP contribution in [0.5, 0.6) is 5.88 Å². The highest BCUT2D eigenvalue weighted by atomic mass is 35.5. The second-order valence-corrected chi connectivity index (χ2v) is 8.26. The Hall–Kier alpha value is -1.60. The molecule has 2 heterocycles. The van der Waals surface area contributed by atoms with Crippen molar-refractivity contribution in [3.05, 3.63) is 57.5 Å². The number of aromatic nitrogens is 2. The Morgan fingerprint density at radius 2 is 2.15 bits per heavy atom. The van der Waals surface area contributed by atoms with Crippen molar-refractivity contribution < 1.29 is 4.74 Å². The molecular formula is C19H20ClN3OS2. The summed E-state index contributed by atoms with van der Waals surface area (Å²) in [5.74, 6) is 0.583. The smallest absolute Gasteiger partial charge is 0.218 e. The van der Waals surface area contributed by atoms with Gasteiger partial charge in [0.25, 0.3) is 0 Å². The van der Waals surface area contributed by atoms with Crippen molar-refractivity contribution in [2.75, 3.05) is 12.9 Å². The molecule has 0 aliphatic heterocycles. The van der Waals surface area contributed by atoms with E-state index in [1.807, 2.05) is 6.92 Å². The van der Waals surface area contributed by atoms with E-state index in [2.05, 4.69) is 52.8 Å². The van der Waals surface area contributed by atoms with Crippen LogP contribution in [0.4, 0.5) is 0 Å². The lowest BCUT2D eigenvalue weighted by Gasteiger charge is -2.13. The third-order valence-corrected chi connectivity index (χ3v) is 5.37. The van der Waals surface area contributed by atoms with Gasteiger partial charge in [0.1, 0.15) is 6.61 Å². The molecule has 0 amide bonds. The van der Waals surface area contributed by atoms with Crippen molar-refractivity contribution in [3.8, 4) is 5.88 Å². The number of benzene rings is 1. The van der Waals surface area contributed by atoms with Crippen molar-refractivity contribution in [2.24, 2.45) is 0 Å². The number of pyridine rings is 1. The summed E-state index contributed by atoms with van der Waals surface area (Å²) in [5, 5.41) is 8.08. The Morgan fingerprint density at radius 1 is 1.31 bits per heavy atom. The summed E-state index contributed by atoms with van der Waals surface area (Å²) in [7, 11) is 0. The zero-order valence-electron chi connectivity index (χ0n) is 14.7. The molecule has 0 spiro atoms. The number of nitrogens with zero attached hydrogens (tertiary/aromatic N) is 2. The van der Waals surface area contributed by atoms with Gasteiger partial charge in [-0.3, -0.25) is 0 Å². The topological polar surface area (TPSA) is 47.0 Å². The number of nitrogens with one attached hydrogen (secondary N) is 1. The molecule has 0 radical (unpaired) electrons. The maximum atomic E-state index is 5.86. The molecule has 0 atom stereocenters. The molecule has 0 saturated carbocycles. The Bertz CT molecular complexity index is 926. The molecule has 1 aromatic carbocycles. The minimum atomic E-state index is 0.237. The minimum absolute atomic E-state index is 0.237. The first-order chi connectivity index (χ1) is 12.5. The first-order valence-corrected chi connectivity index (χ1v) is 10.6. The Kier molecular flexibility index (Phi) is 6.53. The Balaban J connectivity index is 1.82. The SMILES string of the molecule is C=C(Cl)COc1nc2cc(SC)ccc2cc1CNCc1csc(C)n1. The van der Waals surface area contributed by atoms with Crippen molar-refractivity contribution in [3.63, 3.8) is 0 Å². The fourth-order valence-electron chi connectivity index (χ4n) is 2.51. The van der Waals surface area contributed by atoms with Crippen LogP contribution in [0.3, 0.4) is 0 Å². The molecule has 3 rings (SSSR count). The average molecular weight is 406 g/mol. The molecule has 3 aromatic rings. The van der Waals surface area contributed by atoms with Crippen LogP contribution in [-0.2, 0) is 13.1 Å². The van der Waals surface area contributed by atoms with Crippen molar-refractivity contribution >= 4 is 45.6 Å². The van der Waals surface area contributed by atoms with Gasteiger partial charge in [-0.25, -0.2) is 9.97 Å². The van der Waals surface area contributed by atoms with Crippen LogP contribution < -0.4 is 10.1 Å². The molecule has 1 N–H and O–H groups in total. The van der Waals surface area contributed by atoms with E-state index in [9.17, 15) is 0 Å². The maximum Gasteiger partial charge on any atom is 0.218 e. The molecule has 0 unspecified atom stereocenters. The number of aryl methyl sites for hydroxylation is 1. The largest absolute Gasteiger partial charge is 0.472 e. The number of rotatable bonds is 8. The summed E-state index contributed by atoms with van der Waals surface area (Å²) < 4.78 is 5.78. The lowest BCUT2D eigenvalue weighted by atomic mass is 10.1. The first-order valence-electron chi connectivity index (χ1n) is 8.10. The van der Waals surface area contributed by atoms with Gasteiger partial charge < -0.3 is 10.1 Å². The van der Waals surface area contributed by atoms with Gasteiger partial charge in [0, 0.05) is 39.3 Å². The van der Waals surface area contributed by atoms with Crippen LogP contribution in [0.25, 0.3) is 10.9 Å². The summed E-state index contributed by atoms with van der Waals surface area (Å²) in [6.45, 7) is 7.26. The third kappa shape index (κ3) is 4.98. The zero-order valence-corrected chi connectivity index (χ0v) is 17.1. The highest BCUT2D eigenvalue weighted by Gasteiger charge is 2.10. The second-order valence-electron chi connectivity index (χ2n) is 5.78. The van der Waals surface area contributed by atoms with E-state index in [-0.39, 0.29) is 6.61 Å². The van der Waals surface area contributed by atoms with Crippen LogP contribution >= 0.6 is 34.7 Å². The van der Waals surface area contributed by atoms with Gasteiger partial charge in [-0.05, 0) is 31.4 Å². The van der Waals surface area contributed by atoms with Crippen molar-refractivity contribution in [1.82, 2.24) is 15.3 Å². The van der Waals surface area contributed by atoms with Crippen molar-refractivity contribution in [2.45, 2.75) is 24.9 Å². The molecule has 2 aromatic heterocycles. The van der Waals surface area contributed by atoms with Crippen LogP contribution in [0, 0.1) is 6.92 Å². The van der Waals surface area contributed by atoms with E-state index in [1.165, 1.54) is 4.90 Å². The molecule has 4 nitrogen and oxygen atoms in total. The maximum absolute atomic E-state index is 5.86. The van der Waals surface area contributed by atoms with E-state index in [0.717, 1.165) is 27.2 Å². The lowest BCUT2D eigenvalue weighted by Crippen LogP contribution is -2.15. The van der Waals surface area contributed by atoms with Gasteiger partial charge in [0.05, 0.1) is 16.2 Å². The van der Waals surface area contributed by atoms with E-state index in [1.54, 1.807) is 23.1 Å². The summed E-state index contributed by atoms with van der Waals surface area (Å²) in [6.07, 6.45) is 2.05. The number of hydrogen-bond donors (Lipinski definition) is 1. The van der Waals surface area contributed by atoms with Crippen molar-refractivity contribution in [1.29, 1.82) is 0 Å². The van der Waals surface area contributed by atoms with Gasteiger partial charge in [-0.2, -0.15) is 0 Å². The normalized spacial score (nSPS) is 11.0. The summed E-state index contributed by atoms with van der Waals surface area (Å²) in [5.41, 5.74) is 2.94. The quantitative estimate of drug-likeness (QED) is 0.525. The van der Waals surface area contributed by atoms with E-state index in [0.29, 0.717) is 24.0 Å². The predicted molar refractivity (Wildman–Crippen MR) is 111 cm³/mol. The van der Waals surface area contributed by atoms with Gasteiger partial charge in [0.15, 0.2) is 0 Å². The van der Waals surface area contributed by atoms with Crippen LogP contribution in [0.1, 0.15) is 16.3 Å². The number of halogens is 1. The second kappa shape index (κ2) is 8.86. The molecule has 0 bridgehead atoms. The predicted octanol–water partition coefficient (Wildman–Crippen LogP) is 5.14. The number of ether oxygens (including phenoxy) is 1. The third-order valence-electron chi connectivity index (χ3n) is 3.72. The van der Waals surface area contributed by atoms with Crippen LogP contribution in [0.2, 0.25) is 0 Å². The summed E-state index contributed by atoms with van der Waals surface area (Å²) in [4.78, 5) is 10.3. The highest BCUT2D eigenvalue weighted by molar-refractivity contribution is 7.98. The number of fused-ring (bicyclic) bond motifs is 1. The lowest BCUT2D eigenvalue weighted by molar-refractivity contribution is 0.341. The standard InChI is InChI=1S/C19H20ClN3OS2/c1-12(20)10-24-19-15(8-21-9-16-11-26-13(2)22-16)6-14-4-5-17(25-3)7-18(14)23-19/h4-7,11,21H,1,8-10H2,2-3H3. The van der Waals surface area contributed by atoms with Gasteiger partial charge in [-0.1, -0.05) is 24.2 Å². The van der Waals surface area contributed by atoms with Crippen LogP contribution in [-0.4, -0.2) is 22.8 Å². The van der Waals surface area contributed by atoms with Crippen LogP contribution in [0.15, 0.2) is 46.2 Å². The first kappa shape index (κ1) is 19.2. The summed E-state index contributed by atoms with van der Waals surface area (Å²) in [6, 6.07) is 8.37. The Morgan fingerprint density at radius 3 is 2.85 bits per heavy atom. The molecule has 0 fully saturated rings. The number of thioether (sulfide) groups is 1. The molecular weight excluding hydrogens is 386 g/mol. The van der Waals surface area contributed by atoms with Gasteiger partial charge in [0.2, 0.25) is 5.88 Å².